The molecule has 15 heavy (non-hydrogen) atoms. The molecule has 0 atom stereocenters. The van der Waals surface area contributed by atoms with Crippen molar-refractivity contribution in [3.05, 3.63) is 6.92 Å². The lowest BCUT2D eigenvalue weighted by Crippen LogP contribution is -2.02. The fraction of sp³-hybridized carbons (Fsp3) is 0.900. The lowest BCUT2D eigenvalue weighted by Gasteiger charge is -1.97. The standard InChI is InChI=1S/C10H21.BF4/c1-3-5-7-9-10-8-6-4-2;2-1(3,4)5/h1,3-10H2,2H3;/q;-1. The van der Waals surface area contributed by atoms with Crippen LogP contribution in [0.3, 0.4) is 0 Å². The van der Waals surface area contributed by atoms with Crippen molar-refractivity contribution in [2.75, 3.05) is 0 Å². The van der Waals surface area contributed by atoms with Gasteiger partial charge in [0.2, 0.25) is 0 Å². The number of unbranched alkanes of at least 4 members (excludes halogenated alkanes) is 7. The molecule has 0 N–H and O–H groups in total. The summed E-state index contributed by atoms with van der Waals surface area (Å²) >= 11 is 0. The molecule has 0 aliphatic heterocycles. The molecule has 0 saturated carbocycles. The van der Waals surface area contributed by atoms with Crippen molar-refractivity contribution in [2.45, 2.75) is 58.3 Å². The van der Waals surface area contributed by atoms with Gasteiger partial charge >= 0.3 is 7.25 Å². The van der Waals surface area contributed by atoms with Crippen molar-refractivity contribution in [3.63, 3.8) is 0 Å². The highest BCUT2D eigenvalue weighted by molar-refractivity contribution is 6.50. The summed E-state index contributed by atoms with van der Waals surface area (Å²) in [5, 5.41) is 0. The molecule has 0 heterocycles. The van der Waals surface area contributed by atoms with Crippen LogP contribution in [0.15, 0.2) is 0 Å². The zero-order valence-corrected chi connectivity index (χ0v) is 9.45. The number of hydrogen-bond donors (Lipinski definition) is 0. The van der Waals surface area contributed by atoms with Gasteiger partial charge in [0.15, 0.2) is 0 Å². The average molecular weight is 228 g/mol. The van der Waals surface area contributed by atoms with Crippen LogP contribution in [0, 0.1) is 6.92 Å². The van der Waals surface area contributed by atoms with E-state index >= 15 is 0 Å². The van der Waals surface area contributed by atoms with Gasteiger partial charge in [-0.15, -0.1) is 0 Å². The smallest absolute Gasteiger partial charge is 0.418 e. The topological polar surface area (TPSA) is 0 Å². The first-order valence-corrected chi connectivity index (χ1v) is 5.58. The Bertz CT molecular complexity index is 100. The monoisotopic (exact) mass is 228 g/mol. The van der Waals surface area contributed by atoms with Crippen LogP contribution in [0.2, 0.25) is 0 Å². The van der Waals surface area contributed by atoms with E-state index in [1.165, 1.54) is 44.9 Å². The average Bonchev–Trinajstić information content (AvgIpc) is 2.08. The van der Waals surface area contributed by atoms with Gasteiger partial charge in [0.05, 0.1) is 0 Å². The summed E-state index contributed by atoms with van der Waals surface area (Å²) in [5.74, 6) is 0. The van der Waals surface area contributed by atoms with Crippen molar-refractivity contribution in [2.24, 2.45) is 0 Å². The lowest BCUT2D eigenvalue weighted by molar-refractivity contribution is 0.368. The Hall–Kier alpha value is -0.215. The van der Waals surface area contributed by atoms with Gasteiger partial charge in [-0.3, -0.25) is 0 Å². The summed E-state index contributed by atoms with van der Waals surface area (Å²) in [6, 6.07) is 0. The van der Waals surface area contributed by atoms with E-state index in [4.69, 9.17) is 0 Å². The lowest BCUT2D eigenvalue weighted by atomic mass is 10.1. The predicted octanol–water partition coefficient (Wildman–Crippen LogP) is 5.26. The summed E-state index contributed by atoms with van der Waals surface area (Å²) in [6.45, 7) is 6.08. The van der Waals surface area contributed by atoms with Crippen molar-refractivity contribution < 1.29 is 17.3 Å². The van der Waals surface area contributed by atoms with Gasteiger partial charge in [-0.05, 0) is 0 Å². The van der Waals surface area contributed by atoms with Crippen LogP contribution in [0.5, 0.6) is 0 Å². The van der Waals surface area contributed by atoms with E-state index in [1.807, 2.05) is 0 Å². The summed E-state index contributed by atoms with van der Waals surface area (Å²) < 4.78 is 39.0. The zero-order chi connectivity index (χ0) is 12.2. The molecule has 0 aromatic rings. The molecule has 0 aliphatic rings. The molecular weight excluding hydrogens is 207 g/mol. The third-order valence-electron chi connectivity index (χ3n) is 1.85. The van der Waals surface area contributed by atoms with Crippen molar-refractivity contribution in [3.8, 4) is 0 Å². The highest BCUT2D eigenvalue weighted by Gasteiger charge is 2.20. The van der Waals surface area contributed by atoms with Crippen LogP contribution in [0.1, 0.15) is 58.3 Å². The number of rotatable bonds is 7. The SMILES string of the molecule is F[B-](F)(F)F.[CH2]CCCCCCCCC. The van der Waals surface area contributed by atoms with E-state index < -0.39 is 7.25 Å². The van der Waals surface area contributed by atoms with Crippen LogP contribution >= 0.6 is 0 Å². The van der Waals surface area contributed by atoms with Crippen molar-refractivity contribution >= 4 is 7.25 Å². The molecule has 0 aliphatic carbocycles. The van der Waals surface area contributed by atoms with E-state index in [2.05, 4.69) is 13.8 Å². The van der Waals surface area contributed by atoms with Crippen molar-refractivity contribution in [1.82, 2.24) is 0 Å². The van der Waals surface area contributed by atoms with Crippen LogP contribution < -0.4 is 0 Å². The third-order valence-corrected chi connectivity index (χ3v) is 1.85. The Morgan fingerprint density at radius 3 is 1.47 bits per heavy atom. The molecule has 0 spiro atoms. The Morgan fingerprint density at radius 2 is 1.13 bits per heavy atom. The largest absolute Gasteiger partial charge is 0.673 e. The highest BCUT2D eigenvalue weighted by atomic mass is 19.5. The van der Waals surface area contributed by atoms with Gasteiger partial charge in [0.25, 0.3) is 0 Å². The summed E-state index contributed by atoms with van der Waals surface area (Å²) in [6.07, 6.45) is 10.9. The zero-order valence-electron chi connectivity index (χ0n) is 9.45. The van der Waals surface area contributed by atoms with Crippen LogP contribution in [0.4, 0.5) is 17.3 Å². The fourth-order valence-electron chi connectivity index (χ4n) is 1.13. The second kappa shape index (κ2) is 11.9. The first kappa shape index (κ1) is 17.2. The van der Waals surface area contributed by atoms with E-state index in [-0.39, 0.29) is 0 Å². The minimum atomic E-state index is -6.00. The molecule has 0 aromatic heterocycles. The van der Waals surface area contributed by atoms with Gasteiger partial charge in [0, 0.05) is 0 Å². The number of hydrogen-bond acceptors (Lipinski definition) is 0. The maximum Gasteiger partial charge on any atom is 0.673 e. The molecule has 93 valence electrons. The summed E-state index contributed by atoms with van der Waals surface area (Å²) in [4.78, 5) is 0. The summed E-state index contributed by atoms with van der Waals surface area (Å²) in [7, 11) is -6.00. The molecule has 0 aromatic carbocycles. The van der Waals surface area contributed by atoms with Crippen LogP contribution in [-0.2, 0) is 0 Å². The maximum absolute atomic E-state index is 9.75. The number of halogens is 4. The van der Waals surface area contributed by atoms with Gasteiger partial charge in [-0.25, -0.2) is 0 Å². The molecule has 0 unspecified atom stereocenters. The minimum absolute atomic E-state index is 1.12. The molecule has 1 radical (unpaired) electrons. The molecule has 0 amide bonds. The molecule has 0 bridgehead atoms. The quantitative estimate of drug-likeness (QED) is 0.316. The van der Waals surface area contributed by atoms with E-state index in [9.17, 15) is 17.3 Å². The van der Waals surface area contributed by atoms with Crippen molar-refractivity contribution in [1.29, 1.82) is 0 Å². The van der Waals surface area contributed by atoms with Crippen LogP contribution in [0.25, 0.3) is 0 Å². The fourth-order valence-corrected chi connectivity index (χ4v) is 1.13. The van der Waals surface area contributed by atoms with Gasteiger partial charge in [-0.2, -0.15) is 0 Å². The first-order chi connectivity index (χ1) is 6.91. The van der Waals surface area contributed by atoms with E-state index in [1.54, 1.807) is 0 Å². The second-order valence-corrected chi connectivity index (χ2v) is 3.47. The molecule has 0 fully saturated rings. The molecular formula is C10H21BF4-. The highest BCUT2D eigenvalue weighted by Crippen LogP contribution is 2.07. The maximum atomic E-state index is 9.75. The Labute approximate surface area is 90.5 Å². The van der Waals surface area contributed by atoms with Gasteiger partial charge < -0.3 is 17.3 Å². The van der Waals surface area contributed by atoms with Gasteiger partial charge in [0.1, 0.15) is 0 Å². The third kappa shape index (κ3) is 41.6. The second-order valence-electron chi connectivity index (χ2n) is 3.47. The molecule has 0 rings (SSSR count). The van der Waals surface area contributed by atoms with Crippen LogP contribution in [-0.4, -0.2) is 7.25 Å². The summed E-state index contributed by atoms with van der Waals surface area (Å²) in [5.41, 5.74) is 0. The molecule has 0 saturated heterocycles. The Kier molecular flexibility index (Phi) is 13.6. The molecule has 5 heteroatoms. The van der Waals surface area contributed by atoms with Gasteiger partial charge in [-0.1, -0.05) is 65.2 Å². The Morgan fingerprint density at radius 1 is 0.800 bits per heavy atom. The minimum Gasteiger partial charge on any atom is -0.418 e. The van der Waals surface area contributed by atoms with E-state index in [0.717, 1.165) is 6.42 Å². The first-order valence-electron chi connectivity index (χ1n) is 5.58. The normalized spacial score (nSPS) is 10.8. The predicted molar refractivity (Wildman–Crippen MR) is 58.2 cm³/mol. The Balaban J connectivity index is 0. The van der Waals surface area contributed by atoms with E-state index in [0.29, 0.717) is 0 Å². The molecule has 0 nitrogen and oxygen atoms in total.